The zero-order valence-electron chi connectivity index (χ0n) is 20.2. The maximum absolute atomic E-state index is 11.8. The molecule has 5 heteroatoms. The molecule has 0 heterocycles. The summed E-state index contributed by atoms with van der Waals surface area (Å²) in [5.74, 6) is -0.356. The van der Waals surface area contributed by atoms with Gasteiger partial charge in [-0.15, -0.1) is 0 Å². The van der Waals surface area contributed by atoms with E-state index in [1.165, 1.54) is 94.8 Å². The fourth-order valence-electron chi connectivity index (χ4n) is 3.56. The molecule has 178 valence electrons. The molecule has 0 aliphatic heterocycles. The quantitative estimate of drug-likeness (QED) is 0.143. The molecule has 0 spiro atoms. The highest BCUT2D eigenvalue weighted by molar-refractivity contribution is 5.78. The summed E-state index contributed by atoms with van der Waals surface area (Å²) >= 11 is 0. The molecule has 0 aliphatic carbocycles. The number of likely N-dealkylation sites (N-methyl/N-ethyl adjacent to an activating group) is 1. The van der Waals surface area contributed by atoms with E-state index < -0.39 is 6.09 Å². The summed E-state index contributed by atoms with van der Waals surface area (Å²) in [5, 5.41) is 0. The first-order valence-corrected chi connectivity index (χ1v) is 12.7. The van der Waals surface area contributed by atoms with Gasteiger partial charge in [0.25, 0.3) is 0 Å². The lowest BCUT2D eigenvalue weighted by Gasteiger charge is -2.18. The molecule has 0 rings (SSSR count). The van der Waals surface area contributed by atoms with Crippen molar-refractivity contribution in [1.29, 1.82) is 0 Å². The van der Waals surface area contributed by atoms with Gasteiger partial charge in [-0.25, -0.2) is 4.79 Å². The van der Waals surface area contributed by atoms with Crippen molar-refractivity contribution in [2.24, 2.45) is 0 Å². The molecule has 0 aromatic rings. The molecule has 30 heavy (non-hydrogen) atoms. The van der Waals surface area contributed by atoms with Gasteiger partial charge in [0.1, 0.15) is 6.54 Å². The van der Waals surface area contributed by atoms with Crippen LogP contribution >= 0.6 is 0 Å². The molecule has 0 saturated heterocycles. The highest BCUT2D eigenvalue weighted by atomic mass is 16.6. The van der Waals surface area contributed by atoms with Crippen molar-refractivity contribution in [3.63, 3.8) is 0 Å². The fraction of sp³-hybridized carbons (Fsp3) is 0.920. The average molecular weight is 428 g/mol. The van der Waals surface area contributed by atoms with Crippen molar-refractivity contribution in [2.75, 3.05) is 26.3 Å². The maximum atomic E-state index is 11.8. The summed E-state index contributed by atoms with van der Waals surface area (Å²) in [6.45, 7) is 7.00. The highest BCUT2D eigenvalue weighted by Gasteiger charge is 2.16. The average Bonchev–Trinajstić information content (AvgIpc) is 2.74. The largest absolute Gasteiger partial charge is 0.464 e. The Morgan fingerprint density at radius 2 is 1.03 bits per heavy atom. The third-order valence-corrected chi connectivity index (χ3v) is 5.49. The van der Waals surface area contributed by atoms with Crippen LogP contribution in [0.3, 0.4) is 0 Å². The number of unbranched alkanes of at least 4 members (excludes halogenated alkanes) is 15. The number of hydrogen-bond acceptors (Lipinski definition) is 4. The van der Waals surface area contributed by atoms with Crippen molar-refractivity contribution < 1.29 is 19.1 Å². The van der Waals surface area contributed by atoms with E-state index in [9.17, 15) is 9.59 Å². The Morgan fingerprint density at radius 3 is 1.43 bits per heavy atom. The number of hydrogen-bond donors (Lipinski definition) is 0. The monoisotopic (exact) mass is 427 g/mol. The predicted molar refractivity (Wildman–Crippen MR) is 125 cm³/mol. The van der Waals surface area contributed by atoms with Gasteiger partial charge >= 0.3 is 12.1 Å². The molecule has 1 amide bonds. The van der Waals surface area contributed by atoms with Gasteiger partial charge in [-0.2, -0.15) is 0 Å². The smallest absolute Gasteiger partial charge is 0.410 e. The van der Waals surface area contributed by atoms with Crippen LogP contribution in [0.15, 0.2) is 0 Å². The van der Waals surface area contributed by atoms with Crippen LogP contribution in [0, 0.1) is 0 Å². The minimum absolute atomic E-state index is 0.0335. The number of carbonyl (C=O) groups excluding carboxylic acids is 2. The van der Waals surface area contributed by atoms with Crippen molar-refractivity contribution in [3.8, 4) is 0 Å². The van der Waals surface area contributed by atoms with Crippen LogP contribution in [0.25, 0.3) is 0 Å². The standard InChI is InChI=1S/C25H49NO4/c1-4-7-8-9-10-11-12-13-14-15-16-17-18-19-20-21-22-30-24(27)23-26(5-2)25(28)29-6-3/h4-23H2,1-3H3. The van der Waals surface area contributed by atoms with E-state index >= 15 is 0 Å². The van der Waals surface area contributed by atoms with E-state index in [1.807, 2.05) is 6.92 Å². The first kappa shape index (κ1) is 28.7. The number of nitrogens with zero attached hydrogens (tertiary/aromatic N) is 1. The Morgan fingerprint density at radius 1 is 0.600 bits per heavy atom. The van der Waals surface area contributed by atoms with E-state index in [-0.39, 0.29) is 12.5 Å². The Labute approximate surface area is 186 Å². The zero-order valence-corrected chi connectivity index (χ0v) is 20.2. The van der Waals surface area contributed by atoms with Gasteiger partial charge in [0, 0.05) is 6.54 Å². The molecule has 0 aromatic heterocycles. The van der Waals surface area contributed by atoms with Gasteiger partial charge < -0.3 is 9.47 Å². The van der Waals surface area contributed by atoms with Crippen LogP contribution in [0.4, 0.5) is 4.79 Å². The van der Waals surface area contributed by atoms with Gasteiger partial charge in [-0.1, -0.05) is 103 Å². The van der Waals surface area contributed by atoms with Crippen LogP contribution in [0.2, 0.25) is 0 Å². The predicted octanol–water partition coefficient (Wildman–Crippen LogP) is 7.27. The molecule has 0 aromatic carbocycles. The van der Waals surface area contributed by atoms with Crippen LogP contribution in [0.1, 0.15) is 124 Å². The molecule has 0 radical (unpaired) electrons. The molecule has 0 bridgehead atoms. The Kier molecular flexibility index (Phi) is 21.5. The summed E-state index contributed by atoms with van der Waals surface area (Å²) in [5.41, 5.74) is 0. The lowest BCUT2D eigenvalue weighted by Crippen LogP contribution is -2.36. The summed E-state index contributed by atoms with van der Waals surface area (Å²) < 4.78 is 10.1. The van der Waals surface area contributed by atoms with Gasteiger partial charge in [0.2, 0.25) is 0 Å². The van der Waals surface area contributed by atoms with Gasteiger partial charge in [-0.3, -0.25) is 9.69 Å². The molecule has 0 atom stereocenters. The fourth-order valence-corrected chi connectivity index (χ4v) is 3.56. The van der Waals surface area contributed by atoms with Gasteiger partial charge in [-0.05, 0) is 20.3 Å². The molecular weight excluding hydrogens is 378 g/mol. The molecular formula is C25H49NO4. The Balaban J connectivity index is 3.34. The maximum Gasteiger partial charge on any atom is 0.410 e. The first-order valence-electron chi connectivity index (χ1n) is 12.7. The number of rotatable bonds is 21. The second kappa shape index (κ2) is 22.4. The summed E-state index contributed by atoms with van der Waals surface area (Å²) in [6.07, 6.45) is 20.7. The number of amides is 1. The molecule has 5 nitrogen and oxygen atoms in total. The van der Waals surface area contributed by atoms with E-state index in [0.29, 0.717) is 19.8 Å². The van der Waals surface area contributed by atoms with Gasteiger partial charge in [0.05, 0.1) is 13.2 Å². The second-order valence-electron chi connectivity index (χ2n) is 8.24. The van der Waals surface area contributed by atoms with Gasteiger partial charge in [0.15, 0.2) is 0 Å². The minimum atomic E-state index is -0.459. The summed E-state index contributed by atoms with van der Waals surface area (Å²) in [7, 11) is 0. The molecule has 0 unspecified atom stereocenters. The number of esters is 1. The van der Waals surface area contributed by atoms with Crippen molar-refractivity contribution in [3.05, 3.63) is 0 Å². The topological polar surface area (TPSA) is 55.8 Å². The van der Waals surface area contributed by atoms with E-state index in [1.54, 1.807) is 6.92 Å². The molecule has 0 saturated carbocycles. The first-order chi connectivity index (χ1) is 14.7. The van der Waals surface area contributed by atoms with Crippen LogP contribution in [-0.4, -0.2) is 43.3 Å². The van der Waals surface area contributed by atoms with Crippen LogP contribution in [0.5, 0.6) is 0 Å². The molecule has 0 fully saturated rings. The summed E-state index contributed by atoms with van der Waals surface area (Å²) in [6, 6.07) is 0. The normalized spacial score (nSPS) is 10.8. The Bertz CT molecular complexity index is 401. The van der Waals surface area contributed by atoms with Crippen LogP contribution in [-0.2, 0) is 14.3 Å². The number of carbonyl (C=O) groups is 2. The van der Waals surface area contributed by atoms with Crippen molar-refractivity contribution in [2.45, 2.75) is 124 Å². The molecule has 0 N–H and O–H groups in total. The Hall–Kier alpha value is -1.26. The lowest BCUT2D eigenvalue weighted by atomic mass is 10.0. The van der Waals surface area contributed by atoms with E-state index in [2.05, 4.69) is 6.92 Å². The minimum Gasteiger partial charge on any atom is -0.464 e. The van der Waals surface area contributed by atoms with Crippen molar-refractivity contribution >= 4 is 12.1 Å². The number of ether oxygens (including phenoxy) is 2. The van der Waals surface area contributed by atoms with E-state index in [4.69, 9.17) is 9.47 Å². The lowest BCUT2D eigenvalue weighted by molar-refractivity contribution is -0.144. The second-order valence-corrected chi connectivity index (χ2v) is 8.24. The van der Waals surface area contributed by atoms with Crippen LogP contribution < -0.4 is 0 Å². The zero-order chi connectivity index (χ0) is 22.3. The highest BCUT2D eigenvalue weighted by Crippen LogP contribution is 2.13. The summed E-state index contributed by atoms with van der Waals surface area (Å²) in [4.78, 5) is 24.8. The molecule has 0 aliphatic rings. The van der Waals surface area contributed by atoms with E-state index in [0.717, 1.165) is 12.8 Å². The third-order valence-electron chi connectivity index (χ3n) is 5.49. The third kappa shape index (κ3) is 18.7. The SMILES string of the molecule is CCCCCCCCCCCCCCCCCCOC(=O)CN(CC)C(=O)OCC. The van der Waals surface area contributed by atoms with Crippen molar-refractivity contribution in [1.82, 2.24) is 4.90 Å².